The van der Waals surface area contributed by atoms with Gasteiger partial charge in [-0.25, -0.2) is 4.90 Å². The zero-order valence-electron chi connectivity index (χ0n) is 19.5. The maximum Gasteiger partial charge on any atom is 0.266 e. The van der Waals surface area contributed by atoms with Crippen LogP contribution in [0.3, 0.4) is 0 Å². The van der Waals surface area contributed by atoms with Gasteiger partial charge in [0.25, 0.3) is 11.8 Å². The summed E-state index contributed by atoms with van der Waals surface area (Å²) in [5, 5.41) is 3.85. The van der Waals surface area contributed by atoms with Crippen molar-refractivity contribution in [1.29, 1.82) is 0 Å². The zero-order chi connectivity index (χ0) is 25.7. The van der Waals surface area contributed by atoms with Crippen molar-refractivity contribution >= 4 is 52.2 Å². The Balaban J connectivity index is 1.33. The molecular formula is C28H20Cl2N2O5. The number of benzene rings is 3. The van der Waals surface area contributed by atoms with Gasteiger partial charge in [0.15, 0.2) is 17.3 Å². The van der Waals surface area contributed by atoms with E-state index in [2.05, 4.69) is 5.32 Å². The number of allylic oxidation sites excluding steroid dienone is 1. The van der Waals surface area contributed by atoms with Gasteiger partial charge in [0.1, 0.15) is 0 Å². The minimum atomic E-state index is -0.563. The topological polar surface area (TPSA) is 84.9 Å². The molecule has 0 unspecified atom stereocenters. The van der Waals surface area contributed by atoms with Gasteiger partial charge in [-0.05, 0) is 54.4 Å². The first-order valence-electron chi connectivity index (χ1n) is 11.8. The molecule has 37 heavy (non-hydrogen) atoms. The summed E-state index contributed by atoms with van der Waals surface area (Å²) in [6.45, 7) is 1.83. The van der Waals surface area contributed by atoms with Crippen LogP contribution in [0.2, 0.25) is 10.0 Å². The van der Waals surface area contributed by atoms with Crippen molar-refractivity contribution in [3.63, 3.8) is 0 Å². The van der Waals surface area contributed by atoms with Gasteiger partial charge in [-0.1, -0.05) is 29.3 Å². The van der Waals surface area contributed by atoms with Crippen LogP contribution < -0.4 is 19.7 Å². The average molecular weight is 535 g/mol. The summed E-state index contributed by atoms with van der Waals surface area (Å²) in [6.07, 6.45) is 3.10. The Labute approximate surface area is 222 Å². The van der Waals surface area contributed by atoms with Crippen LogP contribution in [0.25, 0.3) is 5.70 Å². The average Bonchev–Trinajstić information content (AvgIpc) is 3.02. The van der Waals surface area contributed by atoms with Crippen LogP contribution in [0.15, 0.2) is 54.6 Å². The standard InChI is InChI=1S/C28H20Cl2N2O5/c29-17-3-5-21(30)23(12-17)32-27(34)18-4-2-16(10-20(18)28(32)35)24(33)14-22-19-13-26-25(36-8-1-9-37-26)11-15(19)6-7-31-22/h2-5,10-14,31H,1,6-9H2/b22-14-. The second-order valence-electron chi connectivity index (χ2n) is 8.91. The number of amides is 2. The molecule has 3 aromatic carbocycles. The molecule has 0 saturated heterocycles. The predicted octanol–water partition coefficient (Wildman–Crippen LogP) is 5.32. The molecule has 3 aliphatic heterocycles. The smallest absolute Gasteiger partial charge is 0.266 e. The Morgan fingerprint density at radius 2 is 1.65 bits per heavy atom. The fraction of sp³-hybridized carbons (Fsp3) is 0.179. The summed E-state index contributed by atoms with van der Waals surface area (Å²) in [6, 6.07) is 12.9. The van der Waals surface area contributed by atoms with Crippen LogP contribution in [0.4, 0.5) is 5.69 Å². The highest BCUT2D eigenvalue weighted by Gasteiger charge is 2.38. The van der Waals surface area contributed by atoms with E-state index in [-0.39, 0.29) is 33.2 Å². The molecule has 9 heteroatoms. The highest BCUT2D eigenvalue weighted by Crippen LogP contribution is 2.38. The molecule has 3 heterocycles. The van der Waals surface area contributed by atoms with Crippen LogP contribution >= 0.6 is 23.2 Å². The molecule has 0 radical (unpaired) electrons. The molecule has 0 bridgehead atoms. The van der Waals surface area contributed by atoms with Crippen molar-refractivity contribution in [3.05, 3.63) is 92.5 Å². The number of hydrogen-bond donors (Lipinski definition) is 1. The molecule has 0 saturated carbocycles. The summed E-state index contributed by atoms with van der Waals surface area (Å²) in [5.74, 6) is -0.0146. The van der Waals surface area contributed by atoms with Crippen molar-refractivity contribution in [2.24, 2.45) is 0 Å². The lowest BCUT2D eigenvalue weighted by Crippen LogP contribution is -2.29. The third-order valence-corrected chi connectivity index (χ3v) is 7.12. The first-order valence-corrected chi connectivity index (χ1v) is 12.6. The van der Waals surface area contributed by atoms with Crippen molar-refractivity contribution in [3.8, 4) is 11.5 Å². The number of carbonyl (C=O) groups excluding carboxylic acids is 3. The molecule has 6 rings (SSSR count). The normalized spacial score (nSPS) is 17.2. The van der Waals surface area contributed by atoms with E-state index in [9.17, 15) is 14.4 Å². The van der Waals surface area contributed by atoms with Crippen molar-refractivity contribution in [2.75, 3.05) is 24.7 Å². The van der Waals surface area contributed by atoms with E-state index >= 15 is 0 Å². The molecule has 1 N–H and O–H groups in total. The second-order valence-corrected chi connectivity index (χ2v) is 9.75. The van der Waals surface area contributed by atoms with Crippen LogP contribution in [0, 0.1) is 0 Å². The number of nitrogens with one attached hydrogen (secondary N) is 1. The van der Waals surface area contributed by atoms with Crippen LogP contribution in [0.1, 0.15) is 48.6 Å². The molecule has 0 atom stereocenters. The van der Waals surface area contributed by atoms with Crippen LogP contribution in [-0.2, 0) is 6.42 Å². The third-order valence-electron chi connectivity index (χ3n) is 6.57. The lowest BCUT2D eigenvalue weighted by Gasteiger charge is -2.23. The summed E-state index contributed by atoms with van der Waals surface area (Å²) < 4.78 is 11.6. The maximum absolute atomic E-state index is 13.3. The second kappa shape index (κ2) is 9.25. The number of rotatable bonds is 3. The van der Waals surface area contributed by atoms with E-state index < -0.39 is 11.8 Å². The van der Waals surface area contributed by atoms with E-state index in [4.69, 9.17) is 32.7 Å². The number of ketones is 1. The number of ether oxygens (including phenoxy) is 2. The minimum Gasteiger partial charge on any atom is -0.490 e. The first kappa shape index (κ1) is 23.6. The van der Waals surface area contributed by atoms with Gasteiger partial charge in [-0.3, -0.25) is 14.4 Å². The van der Waals surface area contributed by atoms with Gasteiger partial charge in [-0.15, -0.1) is 0 Å². The number of nitrogens with zero attached hydrogens (tertiary/aromatic N) is 1. The van der Waals surface area contributed by atoms with E-state index in [0.717, 1.165) is 34.6 Å². The molecule has 3 aliphatic rings. The first-order chi connectivity index (χ1) is 17.9. The van der Waals surface area contributed by atoms with Gasteiger partial charge in [0.2, 0.25) is 0 Å². The highest BCUT2D eigenvalue weighted by atomic mass is 35.5. The van der Waals surface area contributed by atoms with E-state index in [1.54, 1.807) is 12.1 Å². The van der Waals surface area contributed by atoms with Gasteiger partial charge >= 0.3 is 0 Å². The number of imide groups is 1. The lowest BCUT2D eigenvalue weighted by atomic mass is 9.95. The summed E-state index contributed by atoms with van der Waals surface area (Å²) in [4.78, 5) is 40.5. The molecule has 0 aromatic heterocycles. The van der Waals surface area contributed by atoms with Gasteiger partial charge < -0.3 is 14.8 Å². The maximum atomic E-state index is 13.3. The Morgan fingerprint density at radius 3 is 2.46 bits per heavy atom. The fourth-order valence-electron chi connectivity index (χ4n) is 4.75. The van der Waals surface area contributed by atoms with Gasteiger partial charge in [0.05, 0.1) is 35.1 Å². The van der Waals surface area contributed by atoms with Crippen molar-refractivity contribution in [1.82, 2.24) is 5.32 Å². The van der Waals surface area contributed by atoms with E-state index in [1.807, 2.05) is 12.1 Å². The zero-order valence-corrected chi connectivity index (χ0v) is 21.0. The molecule has 7 nitrogen and oxygen atoms in total. The van der Waals surface area contributed by atoms with E-state index in [1.165, 1.54) is 30.3 Å². The predicted molar refractivity (Wildman–Crippen MR) is 140 cm³/mol. The highest BCUT2D eigenvalue weighted by molar-refractivity contribution is 6.41. The summed E-state index contributed by atoms with van der Waals surface area (Å²) in [5.41, 5.74) is 3.42. The Morgan fingerprint density at radius 1 is 0.892 bits per heavy atom. The number of halogens is 2. The van der Waals surface area contributed by atoms with Gasteiger partial charge in [-0.2, -0.15) is 0 Å². The summed E-state index contributed by atoms with van der Waals surface area (Å²) >= 11 is 12.3. The summed E-state index contributed by atoms with van der Waals surface area (Å²) in [7, 11) is 0. The van der Waals surface area contributed by atoms with Crippen LogP contribution in [-0.4, -0.2) is 37.4 Å². The molecule has 186 valence electrons. The number of carbonyl (C=O) groups is 3. The molecule has 0 spiro atoms. The number of hydrogen-bond acceptors (Lipinski definition) is 6. The monoisotopic (exact) mass is 534 g/mol. The minimum absolute atomic E-state index is 0.137. The van der Waals surface area contributed by atoms with Crippen molar-refractivity contribution < 1.29 is 23.9 Å². The molecule has 0 fully saturated rings. The Hall–Kier alpha value is -3.81. The molecule has 0 aliphatic carbocycles. The van der Waals surface area contributed by atoms with Crippen molar-refractivity contribution in [2.45, 2.75) is 12.8 Å². The third kappa shape index (κ3) is 4.14. The SMILES string of the molecule is O=C(/C=C1\NCCc2cc3c(cc21)OCCCO3)c1ccc2c(c1)C(=O)N(c1cc(Cl)ccc1Cl)C2=O. The Kier molecular flexibility index (Phi) is 5.89. The molecule has 2 amide bonds. The van der Waals surface area contributed by atoms with Gasteiger partial charge in [0, 0.05) is 40.9 Å². The fourth-order valence-corrected chi connectivity index (χ4v) is 5.12. The lowest BCUT2D eigenvalue weighted by molar-refractivity contribution is 0.0925. The van der Waals surface area contributed by atoms with E-state index in [0.29, 0.717) is 36.2 Å². The molecular weight excluding hydrogens is 515 g/mol. The Bertz CT molecular complexity index is 1530. The quantitative estimate of drug-likeness (QED) is 0.278. The largest absolute Gasteiger partial charge is 0.490 e. The number of anilines is 1. The molecule has 3 aromatic rings. The number of fused-ring (bicyclic) bond motifs is 3. The van der Waals surface area contributed by atoms with Crippen LogP contribution in [0.5, 0.6) is 11.5 Å².